The van der Waals surface area contributed by atoms with Gasteiger partial charge in [0.05, 0.1) is 36.1 Å². The normalized spacial score (nSPS) is 19.5. The highest BCUT2D eigenvalue weighted by molar-refractivity contribution is 6.31. The molecule has 2 aromatic carbocycles. The maximum absolute atomic E-state index is 13.3. The quantitative estimate of drug-likeness (QED) is 0.217. The number of nitrogens with one attached hydrogen (secondary N) is 1. The molecule has 0 radical (unpaired) electrons. The Morgan fingerprint density at radius 2 is 1.79 bits per heavy atom. The van der Waals surface area contributed by atoms with Crippen LogP contribution in [0.3, 0.4) is 0 Å². The van der Waals surface area contributed by atoms with Crippen molar-refractivity contribution in [2.24, 2.45) is 5.10 Å². The molecule has 33 heavy (non-hydrogen) atoms. The third-order valence-electron chi connectivity index (χ3n) is 6.12. The van der Waals surface area contributed by atoms with Crippen LogP contribution in [0.5, 0.6) is 17.2 Å². The van der Waals surface area contributed by atoms with E-state index < -0.39 is 41.2 Å². The Bertz CT molecular complexity index is 1250. The first kappa shape index (κ1) is 22.4. The van der Waals surface area contributed by atoms with E-state index in [4.69, 9.17) is 4.74 Å². The SMILES string of the molecule is COc1cccc2c1C(=O)c1c(O)c3c(c(O)c1C2=O)C[C@@](O)(/C(CO)=N/NC(C)=O)CC3. The van der Waals surface area contributed by atoms with E-state index in [1.54, 1.807) is 0 Å². The number of benzene rings is 2. The van der Waals surface area contributed by atoms with Gasteiger partial charge in [-0.15, -0.1) is 0 Å². The number of hydrogen-bond donors (Lipinski definition) is 5. The van der Waals surface area contributed by atoms with Gasteiger partial charge in [-0.1, -0.05) is 12.1 Å². The standard InChI is InChI=1S/C23H22N2O8/c1-10(27)24-25-15(9-26)23(32)7-6-11-13(8-23)21(30)17-18(19(11)28)22(31)16-12(20(17)29)4-3-5-14(16)33-2/h3-5,26,28,30,32H,6-9H2,1-2H3,(H,24,27)/b25-15+/t23-/m1/s1. The molecule has 1 atom stereocenters. The van der Waals surface area contributed by atoms with Gasteiger partial charge >= 0.3 is 0 Å². The Balaban J connectivity index is 1.88. The van der Waals surface area contributed by atoms with Gasteiger partial charge in [0.25, 0.3) is 0 Å². The van der Waals surface area contributed by atoms with Crippen LogP contribution in [0.15, 0.2) is 23.3 Å². The van der Waals surface area contributed by atoms with Crippen molar-refractivity contribution in [1.82, 2.24) is 5.43 Å². The van der Waals surface area contributed by atoms with Crippen molar-refractivity contribution in [1.29, 1.82) is 0 Å². The number of hydrazone groups is 1. The van der Waals surface area contributed by atoms with Crippen molar-refractivity contribution in [3.05, 3.63) is 51.6 Å². The lowest BCUT2D eigenvalue weighted by Gasteiger charge is -2.36. The van der Waals surface area contributed by atoms with Crippen molar-refractivity contribution in [3.63, 3.8) is 0 Å². The lowest BCUT2D eigenvalue weighted by molar-refractivity contribution is -0.118. The van der Waals surface area contributed by atoms with E-state index in [0.717, 1.165) is 0 Å². The van der Waals surface area contributed by atoms with Crippen LogP contribution in [0, 0.1) is 0 Å². The van der Waals surface area contributed by atoms with Gasteiger partial charge in [0.2, 0.25) is 11.7 Å². The molecule has 2 aliphatic rings. The van der Waals surface area contributed by atoms with Crippen molar-refractivity contribution in [2.45, 2.75) is 31.8 Å². The van der Waals surface area contributed by atoms with Gasteiger partial charge in [0, 0.05) is 30.0 Å². The molecule has 0 aliphatic heterocycles. The lowest BCUT2D eigenvalue weighted by Crippen LogP contribution is -2.47. The molecule has 0 saturated heterocycles. The average molecular weight is 454 g/mol. The Morgan fingerprint density at radius 1 is 1.12 bits per heavy atom. The summed E-state index contributed by atoms with van der Waals surface area (Å²) in [6.07, 6.45) is -0.314. The van der Waals surface area contributed by atoms with Crippen LogP contribution < -0.4 is 10.2 Å². The fourth-order valence-corrected chi connectivity index (χ4v) is 4.50. The number of aromatic hydroxyl groups is 2. The number of amides is 1. The zero-order valence-corrected chi connectivity index (χ0v) is 17.9. The molecule has 0 heterocycles. The number of methoxy groups -OCH3 is 1. The second kappa shape index (κ2) is 7.98. The number of carbonyl (C=O) groups is 3. The third kappa shape index (κ3) is 3.35. The molecule has 172 valence electrons. The molecule has 0 fully saturated rings. The maximum atomic E-state index is 13.3. The number of phenolic OH excluding ortho intramolecular Hbond substituents is 2. The van der Waals surface area contributed by atoms with Crippen LogP contribution in [-0.2, 0) is 17.6 Å². The summed E-state index contributed by atoms with van der Waals surface area (Å²) < 4.78 is 5.22. The Kier molecular flexibility index (Phi) is 5.43. The molecule has 0 unspecified atom stereocenters. The van der Waals surface area contributed by atoms with Crippen LogP contribution in [0.25, 0.3) is 0 Å². The molecule has 5 N–H and O–H groups in total. The predicted molar refractivity (Wildman–Crippen MR) is 115 cm³/mol. The van der Waals surface area contributed by atoms with E-state index in [-0.39, 0.29) is 64.1 Å². The largest absolute Gasteiger partial charge is 0.507 e. The van der Waals surface area contributed by atoms with Crippen LogP contribution in [0.4, 0.5) is 0 Å². The first-order valence-corrected chi connectivity index (χ1v) is 10.2. The van der Waals surface area contributed by atoms with E-state index in [1.165, 1.54) is 32.2 Å². The van der Waals surface area contributed by atoms with Gasteiger partial charge in [-0.05, 0) is 18.9 Å². The predicted octanol–water partition coefficient (Wildman–Crippen LogP) is 0.586. The monoisotopic (exact) mass is 454 g/mol. The third-order valence-corrected chi connectivity index (χ3v) is 6.12. The number of fused-ring (bicyclic) bond motifs is 3. The van der Waals surface area contributed by atoms with Crippen molar-refractivity contribution >= 4 is 23.2 Å². The smallest absolute Gasteiger partial charge is 0.236 e. The van der Waals surface area contributed by atoms with E-state index in [2.05, 4.69) is 10.5 Å². The molecule has 0 bridgehead atoms. The number of ether oxygens (including phenoxy) is 1. The minimum Gasteiger partial charge on any atom is -0.507 e. The van der Waals surface area contributed by atoms with Crippen LogP contribution in [-0.4, -0.2) is 62.9 Å². The first-order chi connectivity index (χ1) is 15.6. The highest BCUT2D eigenvalue weighted by Crippen LogP contribution is 2.48. The number of rotatable bonds is 4. The summed E-state index contributed by atoms with van der Waals surface area (Å²) in [5, 5.41) is 46.6. The van der Waals surface area contributed by atoms with Gasteiger partial charge in [0.15, 0.2) is 5.78 Å². The van der Waals surface area contributed by atoms with E-state index in [1.807, 2.05) is 0 Å². The Morgan fingerprint density at radius 3 is 2.42 bits per heavy atom. The molecule has 0 saturated carbocycles. The maximum Gasteiger partial charge on any atom is 0.236 e. The molecule has 1 amide bonds. The molecule has 0 aromatic heterocycles. The number of nitrogens with zero attached hydrogens (tertiary/aromatic N) is 1. The average Bonchev–Trinajstić information content (AvgIpc) is 2.79. The highest BCUT2D eigenvalue weighted by atomic mass is 16.5. The fraction of sp³-hybridized carbons (Fsp3) is 0.304. The summed E-state index contributed by atoms with van der Waals surface area (Å²) in [7, 11) is 1.36. The van der Waals surface area contributed by atoms with Crippen molar-refractivity contribution in [3.8, 4) is 17.2 Å². The number of hydrogen-bond acceptors (Lipinski definition) is 9. The molecule has 10 nitrogen and oxygen atoms in total. The van der Waals surface area contributed by atoms with Crippen LogP contribution in [0.2, 0.25) is 0 Å². The Hall–Kier alpha value is -3.76. The molecule has 10 heteroatoms. The highest BCUT2D eigenvalue weighted by Gasteiger charge is 2.44. The summed E-state index contributed by atoms with van der Waals surface area (Å²) in [5.74, 6) is -2.63. The molecular weight excluding hydrogens is 432 g/mol. The van der Waals surface area contributed by atoms with Crippen LogP contribution >= 0.6 is 0 Å². The van der Waals surface area contributed by atoms with Gasteiger partial charge in [-0.3, -0.25) is 14.4 Å². The topological polar surface area (TPSA) is 166 Å². The van der Waals surface area contributed by atoms with E-state index in [9.17, 15) is 34.8 Å². The second-order valence-electron chi connectivity index (χ2n) is 8.04. The summed E-state index contributed by atoms with van der Waals surface area (Å²) >= 11 is 0. The van der Waals surface area contributed by atoms with Gasteiger partial charge < -0.3 is 25.2 Å². The van der Waals surface area contributed by atoms with E-state index >= 15 is 0 Å². The zero-order chi connectivity index (χ0) is 24.1. The summed E-state index contributed by atoms with van der Waals surface area (Å²) in [6, 6.07) is 4.49. The molecule has 2 aliphatic carbocycles. The number of aliphatic hydroxyl groups is 2. The lowest BCUT2D eigenvalue weighted by atomic mass is 9.73. The van der Waals surface area contributed by atoms with Gasteiger partial charge in [-0.25, -0.2) is 5.43 Å². The van der Waals surface area contributed by atoms with E-state index in [0.29, 0.717) is 0 Å². The summed E-state index contributed by atoms with van der Waals surface area (Å²) in [6.45, 7) is 0.540. The zero-order valence-electron chi connectivity index (χ0n) is 17.9. The van der Waals surface area contributed by atoms with Gasteiger partial charge in [0.1, 0.15) is 22.8 Å². The number of carbonyl (C=O) groups excluding carboxylic acids is 3. The fourth-order valence-electron chi connectivity index (χ4n) is 4.50. The first-order valence-electron chi connectivity index (χ1n) is 10.2. The number of aliphatic hydroxyl groups excluding tert-OH is 1. The summed E-state index contributed by atoms with van der Waals surface area (Å²) in [5.41, 5.74) is -0.0986. The minimum absolute atomic E-state index is 0.00414. The van der Waals surface area contributed by atoms with Crippen molar-refractivity contribution in [2.75, 3.05) is 13.7 Å². The number of ketones is 2. The number of phenols is 2. The van der Waals surface area contributed by atoms with Gasteiger partial charge in [-0.2, -0.15) is 5.10 Å². The Labute approximate surface area is 188 Å². The molecule has 0 spiro atoms. The molecule has 4 rings (SSSR count). The van der Waals surface area contributed by atoms with Crippen LogP contribution in [0.1, 0.15) is 56.3 Å². The van der Waals surface area contributed by atoms with Crippen molar-refractivity contribution < 1.29 is 39.5 Å². The second-order valence-corrected chi connectivity index (χ2v) is 8.04. The minimum atomic E-state index is -1.76. The molecular formula is C23H22N2O8. The molecule has 2 aromatic rings. The summed E-state index contributed by atoms with van der Waals surface area (Å²) in [4.78, 5) is 37.7.